The molecule has 0 aromatic heterocycles. The molecule has 3 heterocycles. The maximum Gasteiger partial charge on any atom is 0.235 e. The van der Waals surface area contributed by atoms with Crippen LogP contribution in [0.2, 0.25) is 0 Å². The normalized spacial score (nSPS) is 27.6. The van der Waals surface area contributed by atoms with Gasteiger partial charge in [0.05, 0.1) is 17.9 Å². The van der Waals surface area contributed by atoms with Crippen LogP contribution in [-0.2, 0) is 9.59 Å². The van der Waals surface area contributed by atoms with Gasteiger partial charge in [-0.3, -0.25) is 19.3 Å². The van der Waals surface area contributed by atoms with Crippen molar-refractivity contribution in [2.45, 2.75) is 19.0 Å². The Kier molecular flexibility index (Phi) is 3.56. The first-order valence-electron chi connectivity index (χ1n) is 9.46. The molecular formula is C23H20N2O3. The van der Waals surface area contributed by atoms with Gasteiger partial charge in [-0.15, -0.1) is 0 Å². The smallest absolute Gasteiger partial charge is 0.235 e. The Morgan fingerprint density at radius 2 is 1.61 bits per heavy atom. The number of Topliss-reactive ketones (excluding diaryl/α,β-unsaturated/α-hetero) is 1. The highest BCUT2D eigenvalue weighted by atomic mass is 16.2. The second-order valence-electron chi connectivity index (χ2n) is 7.80. The number of aryl methyl sites for hydroxylation is 1. The van der Waals surface area contributed by atoms with Crippen molar-refractivity contribution in [3.05, 3.63) is 77.0 Å². The Hall–Kier alpha value is -3.21. The topological polar surface area (TPSA) is 57.7 Å². The van der Waals surface area contributed by atoms with E-state index in [0.29, 0.717) is 5.56 Å². The number of ketones is 1. The van der Waals surface area contributed by atoms with Crippen LogP contribution in [0.4, 0.5) is 0 Å². The number of imide groups is 1. The van der Waals surface area contributed by atoms with E-state index in [2.05, 4.69) is 0 Å². The predicted molar refractivity (Wildman–Crippen MR) is 104 cm³/mol. The molecule has 0 N–H and O–H groups in total. The second-order valence-corrected chi connectivity index (χ2v) is 7.80. The van der Waals surface area contributed by atoms with Gasteiger partial charge in [0, 0.05) is 18.8 Å². The molecule has 5 rings (SSSR count). The number of benzene rings is 2. The average Bonchev–Trinajstić information content (AvgIpc) is 3.17. The molecule has 2 aromatic rings. The Morgan fingerprint density at radius 3 is 2.36 bits per heavy atom. The molecule has 2 amide bonds. The number of likely N-dealkylation sites (tertiary alicyclic amines) is 1. The van der Waals surface area contributed by atoms with Crippen molar-refractivity contribution in [1.29, 1.82) is 0 Å². The van der Waals surface area contributed by atoms with Crippen molar-refractivity contribution in [3.63, 3.8) is 0 Å². The minimum Gasteiger partial charge on any atom is -0.358 e. The van der Waals surface area contributed by atoms with Crippen LogP contribution in [0.5, 0.6) is 0 Å². The Balaban J connectivity index is 1.65. The minimum atomic E-state index is -0.677. The molecule has 140 valence electrons. The first-order valence-corrected chi connectivity index (χ1v) is 9.46. The second kappa shape index (κ2) is 5.89. The summed E-state index contributed by atoms with van der Waals surface area (Å²) in [6, 6.07) is 14.3. The number of fused-ring (bicyclic) bond motifs is 5. The van der Waals surface area contributed by atoms with E-state index in [1.54, 1.807) is 12.1 Å². The summed E-state index contributed by atoms with van der Waals surface area (Å²) in [6.07, 6.45) is 3.84. The summed E-state index contributed by atoms with van der Waals surface area (Å²) in [5.74, 6) is -1.77. The lowest BCUT2D eigenvalue weighted by molar-refractivity contribution is -0.139. The number of hydrogen-bond acceptors (Lipinski definition) is 4. The first-order chi connectivity index (χ1) is 13.5. The van der Waals surface area contributed by atoms with Crippen molar-refractivity contribution >= 4 is 23.7 Å². The Labute approximate surface area is 163 Å². The fourth-order valence-corrected chi connectivity index (χ4v) is 4.89. The lowest BCUT2D eigenvalue weighted by Crippen LogP contribution is -2.43. The van der Waals surface area contributed by atoms with E-state index in [1.165, 1.54) is 11.9 Å². The van der Waals surface area contributed by atoms with Crippen LogP contribution < -0.4 is 0 Å². The minimum absolute atomic E-state index is 0.113. The van der Waals surface area contributed by atoms with E-state index in [1.807, 2.05) is 60.5 Å². The molecule has 28 heavy (non-hydrogen) atoms. The number of rotatable bonds is 2. The van der Waals surface area contributed by atoms with E-state index in [9.17, 15) is 14.4 Å². The molecule has 0 saturated carbocycles. The SMILES string of the molecule is Cc1ccc(C(=O)[C@@H]2[C@@H]3C(=O)N(C)C(=O)[C@@H]3[C@H]3c4ccccc4C=CN23)cc1. The Bertz CT molecular complexity index is 1040. The van der Waals surface area contributed by atoms with E-state index < -0.39 is 17.9 Å². The summed E-state index contributed by atoms with van der Waals surface area (Å²) in [7, 11) is 1.52. The molecule has 0 radical (unpaired) electrons. The van der Waals surface area contributed by atoms with Crippen molar-refractivity contribution in [2.24, 2.45) is 11.8 Å². The molecule has 0 bridgehead atoms. The van der Waals surface area contributed by atoms with Crippen molar-refractivity contribution in [2.75, 3.05) is 7.05 Å². The highest BCUT2D eigenvalue weighted by Crippen LogP contribution is 2.52. The third kappa shape index (κ3) is 2.16. The van der Waals surface area contributed by atoms with E-state index >= 15 is 0 Å². The van der Waals surface area contributed by atoms with Gasteiger partial charge in [0.2, 0.25) is 11.8 Å². The Morgan fingerprint density at radius 1 is 0.929 bits per heavy atom. The zero-order valence-electron chi connectivity index (χ0n) is 15.7. The van der Waals surface area contributed by atoms with Gasteiger partial charge in [0.25, 0.3) is 0 Å². The first kappa shape index (κ1) is 16.9. The molecule has 5 nitrogen and oxygen atoms in total. The van der Waals surface area contributed by atoms with Gasteiger partial charge in [-0.1, -0.05) is 54.1 Å². The highest BCUT2D eigenvalue weighted by molar-refractivity contribution is 6.11. The summed E-state index contributed by atoms with van der Waals surface area (Å²) >= 11 is 0. The fraction of sp³-hybridized carbons (Fsp3) is 0.261. The van der Waals surface area contributed by atoms with E-state index in [0.717, 1.165) is 16.7 Å². The average molecular weight is 372 g/mol. The molecule has 0 aliphatic carbocycles. The predicted octanol–water partition coefficient (Wildman–Crippen LogP) is 2.82. The maximum atomic E-state index is 13.5. The maximum absolute atomic E-state index is 13.5. The van der Waals surface area contributed by atoms with Crippen LogP contribution in [0, 0.1) is 18.8 Å². The van der Waals surface area contributed by atoms with Gasteiger partial charge in [-0.05, 0) is 24.1 Å². The third-order valence-corrected chi connectivity index (χ3v) is 6.29. The largest absolute Gasteiger partial charge is 0.358 e. The number of carbonyl (C=O) groups excluding carboxylic acids is 3. The third-order valence-electron chi connectivity index (χ3n) is 6.29. The van der Waals surface area contributed by atoms with E-state index in [-0.39, 0.29) is 23.6 Å². The number of carbonyl (C=O) groups is 3. The van der Waals surface area contributed by atoms with Gasteiger partial charge in [0.1, 0.15) is 6.04 Å². The molecule has 2 fully saturated rings. The van der Waals surface area contributed by atoms with Crippen LogP contribution in [0.1, 0.15) is 33.1 Å². The molecule has 2 saturated heterocycles. The summed E-state index contributed by atoms with van der Waals surface area (Å²) < 4.78 is 0. The summed E-state index contributed by atoms with van der Waals surface area (Å²) in [5.41, 5.74) is 3.66. The molecular weight excluding hydrogens is 352 g/mol. The standard InChI is InChI=1S/C23H20N2O3/c1-13-7-9-15(10-8-13)21(26)20-18-17(22(27)24(2)23(18)28)19-16-6-4-3-5-14(16)11-12-25(19)20/h3-12,17-20H,1-2H3/t17-,18+,19+,20-/m0/s1. The lowest BCUT2D eigenvalue weighted by Gasteiger charge is -2.35. The molecule has 0 spiro atoms. The molecule has 2 aromatic carbocycles. The summed E-state index contributed by atoms with van der Waals surface area (Å²) in [6.45, 7) is 1.97. The monoisotopic (exact) mass is 372 g/mol. The quantitative estimate of drug-likeness (QED) is 0.601. The van der Waals surface area contributed by atoms with E-state index in [4.69, 9.17) is 0 Å². The zero-order valence-corrected chi connectivity index (χ0v) is 15.7. The van der Waals surface area contributed by atoms with Crippen molar-refractivity contribution in [3.8, 4) is 0 Å². The van der Waals surface area contributed by atoms with Crippen molar-refractivity contribution in [1.82, 2.24) is 9.80 Å². The number of hydrogen-bond donors (Lipinski definition) is 0. The summed E-state index contributed by atoms with van der Waals surface area (Å²) in [4.78, 5) is 42.5. The number of amides is 2. The molecule has 3 aliphatic rings. The fourth-order valence-electron chi connectivity index (χ4n) is 4.89. The van der Waals surface area contributed by atoms with Gasteiger partial charge in [0.15, 0.2) is 5.78 Å². The van der Waals surface area contributed by atoms with Crippen LogP contribution in [0.15, 0.2) is 54.7 Å². The highest BCUT2D eigenvalue weighted by Gasteiger charge is 2.63. The van der Waals surface area contributed by atoms with Crippen LogP contribution >= 0.6 is 0 Å². The van der Waals surface area contributed by atoms with Crippen molar-refractivity contribution < 1.29 is 14.4 Å². The lowest BCUT2D eigenvalue weighted by atomic mass is 9.83. The van der Waals surface area contributed by atoms with Crippen LogP contribution in [0.3, 0.4) is 0 Å². The summed E-state index contributed by atoms with van der Waals surface area (Å²) in [5, 5.41) is 0. The van der Waals surface area contributed by atoms with Gasteiger partial charge in [-0.2, -0.15) is 0 Å². The van der Waals surface area contributed by atoms with Crippen LogP contribution in [-0.4, -0.2) is 40.5 Å². The number of nitrogens with zero attached hydrogens (tertiary/aromatic N) is 2. The molecule has 4 atom stereocenters. The molecule has 0 unspecified atom stereocenters. The zero-order chi connectivity index (χ0) is 19.6. The van der Waals surface area contributed by atoms with Gasteiger partial charge >= 0.3 is 0 Å². The molecule has 5 heteroatoms. The molecule has 3 aliphatic heterocycles. The van der Waals surface area contributed by atoms with Crippen LogP contribution in [0.25, 0.3) is 6.08 Å². The van der Waals surface area contributed by atoms with Gasteiger partial charge < -0.3 is 4.90 Å². The van der Waals surface area contributed by atoms with Gasteiger partial charge in [-0.25, -0.2) is 0 Å².